The molecule has 4 aromatic rings. The van der Waals surface area contributed by atoms with Crippen LogP contribution in [0.5, 0.6) is 5.75 Å². The van der Waals surface area contributed by atoms with Crippen molar-refractivity contribution in [2.45, 2.75) is 13.2 Å². The molecule has 1 heterocycles. The molecule has 0 atom stereocenters. The summed E-state index contributed by atoms with van der Waals surface area (Å²) in [6, 6.07) is 20.9. The first kappa shape index (κ1) is 22.0. The van der Waals surface area contributed by atoms with E-state index in [1.54, 1.807) is 35.1 Å². The molecule has 1 amide bonds. The van der Waals surface area contributed by atoms with E-state index in [1.807, 2.05) is 36.4 Å². The summed E-state index contributed by atoms with van der Waals surface area (Å²) in [5.41, 5.74) is 2.13. The highest BCUT2D eigenvalue weighted by atomic mass is 79.9. The molecule has 5 nitrogen and oxygen atoms in total. The quantitative estimate of drug-likeness (QED) is 0.314. The third-order valence-corrected chi connectivity index (χ3v) is 5.56. The molecular formula is C24H18BrClFN3O2. The summed E-state index contributed by atoms with van der Waals surface area (Å²) in [5.74, 6) is 0.341. The Labute approximate surface area is 197 Å². The Hall–Kier alpha value is -3.16. The molecule has 0 unspecified atom stereocenters. The van der Waals surface area contributed by atoms with Crippen molar-refractivity contribution in [3.63, 3.8) is 0 Å². The van der Waals surface area contributed by atoms with Gasteiger partial charge in [0.2, 0.25) is 0 Å². The highest BCUT2D eigenvalue weighted by Gasteiger charge is 2.13. The third-order valence-electron chi connectivity index (χ3n) is 4.63. The van der Waals surface area contributed by atoms with Crippen LogP contribution in [-0.2, 0) is 13.2 Å². The van der Waals surface area contributed by atoms with Crippen LogP contribution < -0.4 is 10.1 Å². The molecular weight excluding hydrogens is 497 g/mol. The molecule has 3 aromatic carbocycles. The van der Waals surface area contributed by atoms with Crippen molar-refractivity contribution in [3.8, 4) is 5.75 Å². The zero-order valence-corrected chi connectivity index (χ0v) is 19.1. The van der Waals surface area contributed by atoms with E-state index in [-0.39, 0.29) is 17.5 Å². The number of hydrogen-bond donors (Lipinski definition) is 1. The van der Waals surface area contributed by atoms with Crippen molar-refractivity contribution < 1.29 is 13.9 Å². The number of carbonyl (C=O) groups is 1. The average Bonchev–Trinajstić information content (AvgIpc) is 3.12. The zero-order chi connectivity index (χ0) is 22.5. The maximum Gasteiger partial charge on any atom is 0.256 e. The van der Waals surface area contributed by atoms with Gasteiger partial charge in [-0.15, -0.1) is 0 Å². The number of aromatic nitrogens is 2. The van der Waals surface area contributed by atoms with E-state index in [0.29, 0.717) is 23.7 Å². The van der Waals surface area contributed by atoms with Crippen molar-refractivity contribution in [2.75, 3.05) is 5.32 Å². The van der Waals surface area contributed by atoms with Gasteiger partial charge in [-0.3, -0.25) is 9.48 Å². The number of rotatable bonds is 7. The normalized spacial score (nSPS) is 10.7. The maximum absolute atomic E-state index is 13.4. The van der Waals surface area contributed by atoms with Gasteiger partial charge < -0.3 is 10.1 Å². The van der Waals surface area contributed by atoms with Gasteiger partial charge in [0.05, 0.1) is 11.0 Å². The van der Waals surface area contributed by atoms with E-state index < -0.39 is 0 Å². The first-order valence-corrected chi connectivity index (χ1v) is 10.9. The molecule has 1 N–H and O–H groups in total. The fraction of sp³-hybridized carbons (Fsp3) is 0.0833. The summed E-state index contributed by atoms with van der Waals surface area (Å²) in [4.78, 5) is 12.6. The molecule has 32 heavy (non-hydrogen) atoms. The Morgan fingerprint density at radius 2 is 1.84 bits per heavy atom. The SMILES string of the molecule is O=C(Nc1nn(Cc2cccc(F)c2)cc1Cl)c1ccc(COc2ccccc2Br)cc1. The van der Waals surface area contributed by atoms with E-state index in [0.717, 1.165) is 21.3 Å². The highest BCUT2D eigenvalue weighted by molar-refractivity contribution is 9.10. The van der Waals surface area contributed by atoms with E-state index in [4.69, 9.17) is 16.3 Å². The van der Waals surface area contributed by atoms with E-state index in [1.165, 1.54) is 12.1 Å². The molecule has 162 valence electrons. The van der Waals surface area contributed by atoms with Crippen LogP contribution in [0, 0.1) is 5.82 Å². The van der Waals surface area contributed by atoms with E-state index >= 15 is 0 Å². The lowest BCUT2D eigenvalue weighted by Gasteiger charge is -2.09. The highest BCUT2D eigenvalue weighted by Crippen LogP contribution is 2.25. The lowest BCUT2D eigenvalue weighted by molar-refractivity contribution is 0.102. The molecule has 8 heteroatoms. The Morgan fingerprint density at radius 1 is 1.06 bits per heavy atom. The van der Waals surface area contributed by atoms with Crippen LogP contribution in [0.2, 0.25) is 5.02 Å². The van der Waals surface area contributed by atoms with Gasteiger partial charge in [0.15, 0.2) is 5.82 Å². The minimum absolute atomic E-state index is 0.245. The van der Waals surface area contributed by atoms with Crippen molar-refractivity contribution in [3.05, 3.63) is 111 Å². The molecule has 0 saturated carbocycles. The number of para-hydroxylation sites is 1. The number of amides is 1. The van der Waals surface area contributed by atoms with Gasteiger partial charge in [-0.05, 0) is 63.5 Å². The summed E-state index contributed by atoms with van der Waals surface area (Å²) < 4.78 is 21.6. The molecule has 1 aromatic heterocycles. The second-order valence-electron chi connectivity index (χ2n) is 7.02. The predicted molar refractivity (Wildman–Crippen MR) is 126 cm³/mol. The number of benzene rings is 3. The van der Waals surface area contributed by atoms with Crippen LogP contribution in [0.15, 0.2) is 83.5 Å². The minimum atomic E-state index is -0.332. The van der Waals surface area contributed by atoms with E-state index in [2.05, 4.69) is 26.3 Å². The van der Waals surface area contributed by atoms with Crippen LogP contribution in [0.25, 0.3) is 0 Å². The average molecular weight is 515 g/mol. The molecule has 0 aliphatic carbocycles. The smallest absolute Gasteiger partial charge is 0.256 e. The molecule has 4 rings (SSSR count). The van der Waals surface area contributed by atoms with Crippen molar-refractivity contribution in [1.82, 2.24) is 9.78 Å². The largest absolute Gasteiger partial charge is 0.488 e. The lowest BCUT2D eigenvalue weighted by Crippen LogP contribution is -2.13. The Balaban J connectivity index is 1.37. The van der Waals surface area contributed by atoms with Gasteiger partial charge in [0.25, 0.3) is 5.91 Å². The summed E-state index contributed by atoms with van der Waals surface area (Å²) >= 11 is 9.67. The molecule has 0 spiro atoms. The Kier molecular flexibility index (Phi) is 6.87. The predicted octanol–water partition coefficient (Wildman–Crippen LogP) is 6.32. The molecule has 0 saturated heterocycles. The fourth-order valence-corrected chi connectivity index (χ4v) is 3.64. The van der Waals surface area contributed by atoms with Crippen LogP contribution in [0.3, 0.4) is 0 Å². The molecule has 0 radical (unpaired) electrons. The first-order valence-electron chi connectivity index (χ1n) is 9.73. The molecule has 0 aliphatic rings. The second-order valence-corrected chi connectivity index (χ2v) is 8.28. The topological polar surface area (TPSA) is 56.2 Å². The summed E-state index contributed by atoms with van der Waals surface area (Å²) in [6.07, 6.45) is 1.59. The van der Waals surface area contributed by atoms with Gasteiger partial charge in [-0.2, -0.15) is 5.10 Å². The molecule has 0 bridgehead atoms. The van der Waals surface area contributed by atoms with Crippen LogP contribution in [-0.4, -0.2) is 15.7 Å². The molecule has 0 aliphatic heterocycles. The van der Waals surface area contributed by atoms with Crippen molar-refractivity contribution in [2.24, 2.45) is 0 Å². The maximum atomic E-state index is 13.4. The number of nitrogens with one attached hydrogen (secondary N) is 1. The number of nitrogens with zero attached hydrogens (tertiary/aromatic N) is 2. The van der Waals surface area contributed by atoms with Crippen molar-refractivity contribution in [1.29, 1.82) is 0 Å². The summed E-state index contributed by atoms with van der Waals surface area (Å²) in [7, 11) is 0. The van der Waals surface area contributed by atoms with Gasteiger partial charge in [0, 0.05) is 11.8 Å². The van der Waals surface area contributed by atoms with E-state index in [9.17, 15) is 9.18 Å². The summed E-state index contributed by atoms with van der Waals surface area (Å²) in [5, 5.41) is 7.31. The minimum Gasteiger partial charge on any atom is -0.488 e. The number of hydrogen-bond acceptors (Lipinski definition) is 3. The van der Waals surface area contributed by atoms with Crippen LogP contribution in [0.1, 0.15) is 21.5 Å². The van der Waals surface area contributed by atoms with Gasteiger partial charge in [-0.25, -0.2) is 4.39 Å². The number of carbonyl (C=O) groups excluding carboxylic acids is 1. The second kappa shape index (κ2) is 9.97. The van der Waals surface area contributed by atoms with Gasteiger partial charge in [0.1, 0.15) is 23.2 Å². The number of anilines is 1. The number of halogens is 3. The first-order chi connectivity index (χ1) is 15.5. The summed E-state index contributed by atoms with van der Waals surface area (Å²) in [6.45, 7) is 0.709. The Bertz CT molecular complexity index is 1240. The fourth-order valence-electron chi connectivity index (χ4n) is 3.04. The number of ether oxygens (including phenoxy) is 1. The molecule has 0 fully saturated rings. The van der Waals surface area contributed by atoms with Crippen molar-refractivity contribution >= 4 is 39.3 Å². The van der Waals surface area contributed by atoms with Crippen LogP contribution in [0.4, 0.5) is 10.2 Å². The standard InChI is InChI=1S/C24H18BrClFN3O2/c25-20-6-1-2-7-22(20)32-15-16-8-10-18(11-9-16)24(31)28-23-21(26)14-30(29-23)13-17-4-3-5-19(27)12-17/h1-12,14H,13,15H2,(H,28,29,31). The zero-order valence-electron chi connectivity index (χ0n) is 16.8. The van der Waals surface area contributed by atoms with Gasteiger partial charge in [-0.1, -0.05) is 48.0 Å². The van der Waals surface area contributed by atoms with Gasteiger partial charge >= 0.3 is 0 Å². The van der Waals surface area contributed by atoms with Crippen LogP contribution >= 0.6 is 27.5 Å². The third kappa shape index (κ3) is 5.55. The Morgan fingerprint density at radius 3 is 2.59 bits per heavy atom. The lowest BCUT2D eigenvalue weighted by atomic mass is 10.1. The monoisotopic (exact) mass is 513 g/mol.